The summed E-state index contributed by atoms with van der Waals surface area (Å²) in [5.74, 6) is 0.677. The Morgan fingerprint density at radius 1 is 1.44 bits per heavy atom. The van der Waals surface area contributed by atoms with Gasteiger partial charge in [-0.05, 0) is 12.1 Å². The van der Waals surface area contributed by atoms with Gasteiger partial charge in [0, 0.05) is 42.7 Å². The van der Waals surface area contributed by atoms with Gasteiger partial charge < -0.3 is 10.0 Å². The van der Waals surface area contributed by atoms with Gasteiger partial charge in [-0.2, -0.15) is 0 Å². The van der Waals surface area contributed by atoms with Crippen LogP contribution in [0.2, 0.25) is 0 Å². The van der Waals surface area contributed by atoms with Crippen LogP contribution < -0.4 is 0 Å². The number of likely N-dealkylation sites (tertiary alicyclic amines) is 1. The van der Waals surface area contributed by atoms with E-state index in [1.54, 1.807) is 23.1 Å². The third-order valence-corrected chi connectivity index (χ3v) is 4.03. The lowest BCUT2D eigenvalue weighted by atomic mass is 10.0. The highest BCUT2D eigenvalue weighted by molar-refractivity contribution is 7.99. The summed E-state index contributed by atoms with van der Waals surface area (Å²) >= 11 is 1.36. The molecule has 1 N–H and O–H groups in total. The Bertz CT molecular complexity index is 421. The van der Waals surface area contributed by atoms with Gasteiger partial charge in [0.25, 0.3) is 0 Å². The first-order valence-electron chi connectivity index (χ1n) is 5.96. The maximum Gasteiger partial charge on any atom is 0.223 e. The molecular formula is C13H16FNO2S. The quantitative estimate of drug-likeness (QED) is 0.828. The first-order chi connectivity index (χ1) is 8.70. The summed E-state index contributed by atoms with van der Waals surface area (Å²) in [7, 11) is 0. The minimum absolute atomic E-state index is 0.0866. The van der Waals surface area contributed by atoms with Crippen LogP contribution in [-0.4, -0.2) is 41.4 Å². The molecule has 1 aromatic rings. The van der Waals surface area contributed by atoms with Crippen molar-refractivity contribution in [1.82, 2.24) is 4.90 Å². The van der Waals surface area contributed by atoms with Crippen LogP contribution in [0.4, 0.5) is 4.39 Å². The maximum atomic E-state index is 13.3. The van der Waals surface area contributed by atoms with Gasteiger partial charge in [-0.15, -0.1) is 11.8 Å². The van der Waals surface area contributed by atoms with Crippen LogP contribution in [0.5, 0.6) is 0 Å². The summed E-state index contributed by atoms with van der Waals surface area (Å²) in [5, 5.41) is 8.86. The number of hydrogen-bond donors (Lipinski definition) is 1. The molecule has 0 saturated carbocycles. The van der Waals surface area contributed by atoms with Crippen molar-refractivity contribution in [3.63, 3.8) is 0 Å². The van der Waals surface area contributed by atoms with E-state index in [1.165, 1.54) is 17.8 Å². The van der Waals surface area contributed by atoms with Gasteiger partial charge in [-0.25, -0.2) is 4.39 Å². The molecule has 0 aromatic heterocycles. The van der Waals surface area contributed by atoms with E-state index in [0.717, 1.165) is 0 Å². The smallest absolute Gasteiger partial charge is 0.223 e. The Kier molecular flexibility index (Phi) is 4.60. The van der Waals surface area contributed by atoms with Crippen LogP contribution in [0.25, 0.3) is 0 Å². The molecule has 1 aliphatic heterocycles. The summed E-state index contributed by atoms with van der Waals surface area (Å²) in [6.07, 6.45) is 0.414. The number of carbonyl (C=O) groups is 1. The minimum Gasteiger partial charge on any atom is -0.396 e. The molecule has 1 fully saturated rings. The van der Waals surface area contributed by atoms with Crippen molar-refractivity contribution in [2.45, 2.75) is 11.3 Å². The number of rotatable bonds is 5. The lowest BCUT2D eigenvalue weighted by molar-refractivity contribution is -0.137. The highest BCUT2D eigenvalue weighted by atomic mass is 32.2. The lowest BCUT2D eigenvalue weighted by Crippen LogP contribution is -2.51. The topological polar surface area (TPSA) is 40.5 Å². The van der Waals surface area contributed by atoms with E-state index < -0.39 is 0 Å². The average molecular weight is 269 g/mol. The molecule has 2 rings (SSSR count). The van der Waals surface area contributed by atoms with E-state index in [2.05, 4.69) is 0 Å². The number of aliphatic hydroxyl groups excluding tert-OH is 1. The number of benzene rings is 1. The number of halogens is 1. The molecule has 1 heterocycles. The molecule has 1 amide bonds. The summed E-state index contributed by atoms with van der Waals surface area (Å²) in [5.41, 5.74) is 0. The van der Waals surface area contributed by atoms with Crippen molar-refractivity contribution < 1.29 is 14.3 Å². The second kappa shape index (κ2) is 6.20. The zero-order valence-corrected chi connectivity index (χ0v) is 10.8. The highest BCUT2D eigenvalue weighted by Gasteiger charge is 2.29. The van der Waals surface area contributed by atoms with Gasteiger partial charge in [0.05, 0.1) is 0 Å². The van der Waals surface area contributed by atoms with Gasteiger partial charge >= 0.3 is 0 Å². The van der Waals surface area contributed by atoms with E-state index in [1.807, 2.05) is 0 Å². The van der Waals surface area contributed by atoms with E-state index in [9.17, 15) is 9.18 Å². The molecular weight excluding hydrogens is 253 g/mol. The van der Waals surface area contributed by atoms with Crippen molar-refractivity contribution in [3.8, 4) is 0 Å². The zero-order valence-electron chi connectivity index (χ0n) is 10.0. The molecule has 18 heavy (non-hydrogen) atoms. The Labute approximate surface area is 110 Å². The van der Waals surface area contributed by atoms with Crippen molar-refractivity contribution >= 4 is 17.7 Å². The number of carbonyl (C=O) groups excluding carboxylic acids is 1. The second-order valence-corrected chi connectivity index (χ2v) is 5.51. The first kappa shape index (κ1) is 13.4. The van der Waals surface area contributed by atoms with Gasteiger partial charge in [0.15, 0.2) is 0 Å². The Hall–Kier alpha value is -1.07. The predicted octanol–water partition coefficient (Wildman–Crippen LogP) is 1.76. The van der Waals surface area contributed by atoms with Crippen LogP contribution in [-0.2, 0) is 4.79 Å². The molecule has 1 aromatic carbocycles. The molecule has 1 aliphatic rings. The zero-order chi connectivity index (χ0) is 13.0. The van der Waals surface area contributed by atoms with Crippen LogP contribution >= 0.6 is 11.8 Å². The lowest BCUT2D eigenvalue weighted by Gasteiger charge is -2.38. The largest absolute Gasteiger partial charge is 0.396 e. The van der Waals surface area contributed by atoms with Crippen LogP contribution in [0.1, 0.15) is 6.42 Å². The van der Waals surface area contributed by atoms with E-state index in [-0.39, 0.29) is 24.2 Å². The van der Waals surface area contributed by atoms with Gasteiger partial charge in [0.1, 0.15) is 5.82 Å². The molecule has 98 valence electrons. The SMILES string of the molecule is O=C(CCSc1ccccc1F)N1CC(CO)C1. The number of aliphatic hydroxyl groups is 1. The van der Waals surface area contributed by atoms with Gasteiger partial charge in [-0.1, -0.05) is 12.1 Å². The molecule has 3 nitrogen and oxygen atoms in total. The fraction of sp³-hybridized carbons (Fsp3) is 0.462. The number of nitrogens with zero attached hydrogens (tertiary/aromatic N) is 1. The molecule has 0 spiro atoms. The average Bonchev–Trinajstić information content (AvgIpc) is 2.30. The maximum absolute atomic E-state index is 13.3. The monoisotopic (exact) mass is 269 g/mol. The number of thioether (sulfide) groups is 1. The van der Waals surface area contributed by atoms with Gasteiger partial charge in [-0.3, -0.25) is 4.79 Å². The summed E-state index contributed by atoms with van der Waals surface area (Å²) in [4.78, 5) is 14.0. The fourth-order valence-corrected chi connectivity index (χ4v) is 2.73. The van der Waals surface area contributed by atoms with Crippen LogP contribution in [0, 0.1) is 11.7 Å². The summed E-state index contributed by atoms with van der Waals surface area (Å²) in [6.45, 7) is 1.45. The Morgan fingerprint density at radius 2 is 2.17 bits per heavy atom. The number of amides is 1. The molecule has 1 saturated heterocycles. The molecule has 0 radical (unpaired) electrons. The standard InChI is InChI=1S/C13H16FNO2S/c14-11-3-1-2-4-12(11)18-6-5-13(17)15-7-10(8-15)9-16/h1-4,10,16H,5-9H2. The second-order valence-electron chi connectivity index (χ2n) is 4.38. The fourth-order valence-electron chi connectivity index (χ4n) is 1.86. The summed E-state index contributed by atoms with van der Waals surface area (Å²) in [6, 6.07) is 6.58. The van der Waals surface area contributed by atoms with E-state index in [4.69, 9.17) is 5.11 Å². The summed E-state index contributed by atoms with van der Waals surface area (Å²) < 4.78 is 13.3. The first-order valence-corrected chi connectivity index (χ1v) is 6.95. The number of hydrogen-bond acceptors (Lipinski definition) is 3. The normalized spacial score (nSPS) is 15.6. The molecule has 5 heteroatoms. The van der Waals surface area contributed by atoms with Crippen molar-refractivity contribution in [1.29, 1.82) is 0 Å². The molecule has 0 unspecified atom stereocenters. The Balaban J connectivity index is 1.70. The minimum atomic E-state index is -0.237. The molecule has 0 bridgehead atoms. The molecule has 0 atom stereocenters. The Morgan fingerprint density at radius 3 is 2.83 bits per heavy atom. The molecule has 0 aliphatic carbocycles. The van der Waals surface area contributed by atoms with Gasteiger partial charge in [0.2, 0.25) is 5.91 Å². The third kappa shape index (κ3) is 3.23. The van der Waals surface area contributed by atoms with Crippen molar-refractivity contribution in [2.75, 3.05) is 25.4 Å². The third-order valence-electron chi connectivity index (χ3n) is 2.98. The van der Waals surface area contributed by atoms with Crippen LogP contribution in [0.15, 0.2) is 29.2 Å². The van der Waals surface area contributed by atoms with E-state index in [0.29, 0.717) is 30.2 Å². The van der Waals surface area contributed by atoms with E-state index >= 15 is 0 Å². The van der Waals surface area contributed by atoms with Crippen molar-refractivity contribution in [2.24, 2.45) is 5.92 Å². The van der Waals surface area contributed by atoms with Crippen LogP contribution in [0.3, 0.4) is 0 Å². The predicted molar refractivity (Wildman–Crippen MR) is 68.9 cm³/mol. The van der Waals surface area contributed by atoms with Crippen molar-refractivity contribution in [3.05, 3.63) is 30.1 Å². The highest BCUT2D eigenvalue weighted by Crippen LogP contribution is 2.23.